The molecule has 0 aromatic heterocycles. The number of anilines is 1. The number of para-hydroxylation sites is 1. The van der Waals surface area contributed by atoms with Crippen LogP contribution in [0.3, 0.4) is 0 Å². The maximum atomic E-state index is 12.1. The molecule has 0 saturated heterocycles. The minimum Gasteiger partial charge on any atom is -0.461 e. The van der Waals surface area contributed by atoms with E-state index in [0.29, 0.717) is 5.02 Å². The molecule has 1 saturated carbocycles. The van der Waals surface area contributed by atoms with Crippen molar-refractivity contribution in [2.75, 3.05) is 5.32 Å². The third kappa shape index (κ3) is 3.89. The monoisotopic (exact) mass is 295 g/mol. The van der Waals surface area contributed by atoms with Crippen molar-refractivity contribution in [3.63, 3.8) is 0 Å². The van der Waals surface area contributed by atoms with Crippen molar-refractivity contribution in [2.24, 2.45) is 0 Å². The van der Waals surface area contributed by atoms with Gasteiger partial charge in [0.2, 0.25) is 0 Å². The van der Waals surface area contributed by atoms with E-state index in [1.807, 2.05) is 32.0 Å². The van der Waals surface area contributed by atoms with Crippen LogP contribution in [0.25, 0.3) is 0 Å². The minimum atomic E-state index is -0.393. The summed E-state index contributed by atoms with van der Waals surface area (Å²) in [5.74, 6) is -0.198. The molecule has 1 aromatic carbocycles. The number of hydrogen-bond acceptors (Lipinski definition) is 3. The highest BCUT2D eigenvalue weighted by Crippen LogP contribution is 2.26. The van der Waals surface area contributed by atoms with Crippen LogP contribution >= 0.6 is 11.6 Å². The first-order valence-electron chi connectivity index (χ1n) is 7.30. The molecule has 4 heteroatoms. The molecular formula is C16H22ClNO2. The Hall–Kier alpha value is -1.22. The third-order valence-electron chi connectivity index (χ3n) is 3.77. The maximum absolute atomic E-state index is 12.1. The Bertz CT molecular complexity index is 449. The molecule has 0 unspecified atom stereocenters. The Labute approximate surface area is 125 Å². The minimum absolute atomic E-state index is 0.0906. The van der Waals surface area contributed by atoms with E-state index >= 15 is 0 Å². The van der Waals surface area contributed by atoms with Crippen LogP contribution in [-0.4, -0.2) is 18.1 Å². The molecular weight excluding hydrogens is 274 g/mol. The summed E-state index contributed by atoms with van der Waals surface area (Å²) < 4.78 is 5.56. The van der Waals surface area contributed by atoms with Crippen LogP contribution in [0.4, 0.5) is 5.69 Å². The Balaban J connectivity index is 1.93. The highest BCUT2D eigenvalue weighted by atomic mass is 35.5. The average molecular weight is 296 g/mol. The van der Waals surface area contributed by atoms with Gasteiger partial charge in [0.05, 0.1) is 10.7 Å². The van der Waals surface area contributed by atoms with Gasteiger partial charge in [-0.05, 0) is 51.2 Å². The molecule has 1 atom stereocenters. The highest BCUT2D eigenvalue weighted by molar-refractivity contribution is 6.33. The van der Waals surface area contributed by atoms with Crippen molar-refractivity contribution in [3.05, 3.63) is 28.8 Å². The Morgan fingerprint density at radius 2 is 2.05 bits per heavy atom. The zero-order valence-electron chi connectivity index (χ0n) is 12.1. The van der Waals surface area contributed by atoms with E-state index in [2.05, 4.69) is 5.32 Å². The number of esters is 1. The van der Waals surface area contributed by atoms with Crippen molar-refractivity contribution in [1.29, 1.82) is 0 Å². The van der Waals surface area contributed by atoms with E-state index in [1.165, 1.54) is 6.42 Å². The van der Waals surface area contributed by atoms with Gasteiger partial charge in [0.15, 0.2) is 0 Å². The first kappa shape index (κ1) is 15.2. The van der Waals surface area contributed by atoms with E-state index in [4.69, 9.17) is 16.3 Å². The molecule has 3 nitrogen and oxygen atoms in total. The summed E-state index contributed by atoms with van der Waals surface area (Å²) in [5, 5.41) is 3.79. The lowest BCUT2D eigenvalue weighted by molar-refractivity contribution is -0.151. The van der Waals surface area contributed by atoms with Crippen LogP contribution in [0, 0.1) is 6.92 Å². The molecule has 0 amide bonds. The molecule has 1 aliphatic rings. The van der Waals surface area contributed by atoms with Crippen molar-refractivity contribution in [3.8, 4) is 0 Å². The number of carbonyl (C=O) groups is 1. The Kier molecular flexibility index (Phi) is 5.30. The summed E-state index contributed by atoms with van der Waals surface area (Å²) in [7, 11) is 0. The highest BCUT2D eigenvalue weighted by Gasteiger charge is 2.22. The fourth-order valence-corrected chi connectivity index (χ4v) is 2.82. The van der Waals surface area contributed by atoms with E-state index in [0.717, 1.165) is 36.9 Å². The summed E-state index contributed by atoms with van der Waals surface area (Å²) in [6, 6.07) is 5.28. The number of aryl methyl sites for hydroxylation is 1. The molecule has 1 aliphatic carbocycles. The molecule has 0 spiro atoms. The molecule has 110 valence electrons. The molecule has 0 bridgehead atoms. The van der Waals surface area contributed by atoms with Crippen molar-refractivity contribution in [2.45, 2.75) is 58.1 Å². The molecule has 0 heterocycles. The summed E-state index contributed by atoms with van der Waals surface area (Å²) >= 11 is 6.16. The molecule has 0 aliphatic heterocycles. The zero-order valence-corrected chi connectivity index (χ0v) is 12.9. The number of hydrogen-bond donors (Lipinski definition) is 1. The lowest BCUT2D eigenvalue weighted by Crippen LogP contribution is -2.32. The fourth-order valence-electron chi connectivity index (χ4n) is 2.54. The normalized spacial score (nSPS) is 17.6. The molecule has 1 N–H and O–H groups in total. The number of nitrogens with one attached hydrogen (secondary N) is 1. The van der Waals surface area contributed by atoms with Crippen LogP contribution < -0.4 is 5.32 Å². The second-order valence-corrected chi connectivity index (χ2v) is 5.90. The van der Waals surface area contributed by atoms with E-state index < -0.39 is 6.04 Å². The van der Waals surface area contributed by atoms with Gasteiger partial charge < -0.3 is 10.1 Å². The van der Waals surface area contributed by atoms with Gasteiger partial charge in [0, 0.05) is 0 Å². The first-order valence-corrected chi connectivity index (χ1v) is 7.68. The van der Waals surface area contributed by atoms with Gasteiger partial charge in [-0.2, -0.15) is 0 Å². The van der Waals surface area contributed by atoms with Crippen LogP contribution in [0.2, 0.25) is 5.02 Å². The zero-order chi connectivity index (χ0) is 14.5. The largest absolute Gasteiger partial charge is 0.461 e. The standard InChI is InChI=1S/C16H22ClNO2/c1-11-7-6-10-14(17)15(11)18-12(2)16(19)20-13-8-4-3-5-9-13/h6-7,10,12-13,18H,3-5,8-9H2,1-2H3/t12-/m0/s1. The summed E-state index contributed by atoms with van der Waals surface area (Å²) in [5.41, 5.74) is 1.83. The number of rotatable bonds is 4. The molecule has 2 rings (SSSR count). The average Bonchev–Trinajstić information content (AvgIpc) is 2.44. The first-order chi connectivity index (χ1) is 9.58. The summed E-state index contributed by atoms with van der Waals surface area (Å²) in [6.07, 6.45) is 5.63. The fraction of sp³-hybridized carbons (Fsp3) is 0.562. The van der Waals surface area contributed by atoms with Crippen molar-refractivity contribution in [1.82, 2.24) is 0 Å². The molecule has 1 aromatic rings. The molecule has 1 fully saturated rings. The number of carbonyl (C=O) groups excluding carboxylic acids is 1. The van der Waals surface area contributed by atoms with Crippen molar-refractivity contribution >= 4 is 23.3 Å². The number of halogens is 1. The topological polar surface area (TPSA) is 38.3 Å². The van der Waals surface area contributed by atoms with Crippen LogP contribution in [0.1, 0.15) is 44.6 Å². The second-order valence-electron chi connectivity index (χ2n) is 5.49. The van der Waals surface area contributed by atoms with Crippen molar-refractivity contribution < 1.29 is 9.53 Å². The van der Waals surface area contributed by atoms with Crippen LogP contribution in [0.5, 0.6) is 0 Å². The predicted octanol–water partition coefficient (Wildman–Crippen LogP) is 4.32. The lowest BCUT2D eigenvalue weighted by atomic mass is 9.98. The van der Waals surface area contributed by atoms with E-state index in [-0.39, 0.29) is 12.1 Å². The molecule has 0 radical (unpaired) electrons. The van der Waals surface area contributed by atoms with Crippen LogP contribution in [-0.2, 0) is 9.53 Å². The third-order valence-corrected chi connectivity index (χ3v) is 4.09. The van der Waals surface area contributed by atoms with Gasteiger partial charge in [-0.3, -0.25) is 0 Å². The second kappa shape index (κ2) is 6.98. The number of benzene rings is 1. The smallest absolute Gasteiger partial charge is 0.328 e. The van der Waals surface area contributed by atoms with E-state index in [9.17, 15) is 4.79 Å². The summed E-state index contributed by atoms with van der Waals surface area (Å²) in [6.45, 7) is 3.78. The Morgan fingerprint density at radius 3 is 2.70 bits per heavy atom. The van der Waals surface area contributed by atoms with Gasteiger partial charge in [-0.25, -0.2) is 4.79 Å². The lowest BCUT2D eigenvalue weighted by Gasteiger charge is -2.24. The van der Waals surface area contributed by atoms with Gasteiger partial charge in [0.1, 0.15) is 12.1 Å². The SMILES string of the molecule is Cc1cccc(Cl)c1N[C@@H](C)C(=O)OC1CCCCC1. The van der Waals surface area contributed by atoms with Gasteiger partial charge >= 0.3 is 5.97 Å². The maximum Gasteiger partial charge on any atom is 0.328 e. The molecule has 20 heavy (non-hydrogen) atoms. The van der Waals surface area contributed by atoms with E-state index in [1.54, 1.807) is 0 Å². The predicted molar refractivity (Wildman–Crippen MR) is 82.2 cm³/mol. The summed E-state index contributed by atoms with van der Waals surface area (Å²) in [4.78, 5) is 12.1. The quantitative estimate of drug-likeness (QED) is 0.841. The Morgan fingerprint density at radius 1 is 1.35 bits per heavy atom. The van der Waals surface area contributed by atoms with Gasteiger partial charge in [0.25, 0.3) is 0 Å². The van der Waals surface area contributed by atoms with Gasteiger partial charge in [-0.15, -0.1) is 0 Å². The van der Waals surface area contributed by atoms with Crippen LogP contribution in [0.15, 0.2) is 18.2 Å². The number of ether oxygens (including phenoxy) is 1. The van der Waals surface area contributed by atoms with Gasteiger partial charge in [-0.1, -0.05) is 30.2 Å².